The van der Waals surface area contributed by atoms with Crippen LogP contribution in [0.15, 0.2) is 35.3 Å². The molecule has 3 N–H and O–H groups in total. The van der Waals surface area contributed by atoms with Gasteiger partial charge in [-0.2, -0.15) is 0 Å². The van der Waals surface area contributed by atoms with Crippen molar-refractivity contribution in [2.45, 2.75) is 13.5 Å². The van der Waals surface area contributed by atoms with Gasteiger partial charge in [0.2, 0.25) is 0 Å². The lowest BCUT2D eigenvalue weighted by molar-refractivity contribution is 0.955. The molecule has 0 aliphatic rings. The number of aryl methyl sites for hydroxylation is 1. The molecule has 2 aromatic heterocycles. The summed E-state index contributed by atoms with van der Waals surface area (Å²) in [4.78, 5) is 25.0. The Morgan fingerprint density at radius 2 is 2.05 bits per heavy atom. The lowest BCUT2D eigenvalue weighted by atomic mass is 10.2. The first kappa shape index (κ1) is 11.5. The fourth-order valence-corrected chi connectivity index (χ4v) is 1.94. The Bertz CT molecular complexity index is 774. The van der Waals surface area contributed by atoms with E-state index in [2.05, 4.69) is 25.3 Å². The van der Waals surface area contributed by atoms with Crippen LogP contribution in [-0.2, 0) is 6.54 Å². The van der Waals surface area contributed by atoms with Gasteiger partial charge in [-0.15, -0.1) is 0 Å². The quantitative estimate of drug-likeness (QED) is 0.663. The molecule has 6 heteroatoms. The van der Waals surface area contributed by atoms with Gasteiger partial charge >= 0.3 is 5.69 Å². The predicted molar refractivity (Wildman–Crippen MR) is 73.0 cm³/mol. The van der Waals surface area contributed by atoms with E-state index in [1.54, 1.807) is 6.20 Å². The molecule has 96 valence electrons. The van der Waals surface area contributed by atoms with Gasteiger partial charge in [-0.1, -0.05) is 0 Å². The molecular weight excluding hydrogens is 242 g/mol. The summed E-state index contributed by atoms with van der Waals surface area (Å²) in [5.41, 5.74) is 3.25. The maximum Gasteiger partial charge on any atom is 0.323 e. The van der Waals surface area contributed by atoms with Gasteiger partial charge in [0.1, 0.15) is 5.82 Å². The maximum absolute atomic E-state index is 11.2. The predicted octanol–water partition coefficient (Wildman–Crippen LogP) is 1.57. The van der Waals surface area contributed by atoms with Gasteiger partial charge in [0.25, 0.3) is 0 Å². The number of rotatable bonds is 3. The number of nitrogens with one attached hydrogen (secondary N) is 3. The SMILES string of the molecule is Cc1nccc(CNc2ccc3[nH]c(=O)[nH]c3c2)n1. The third-order valence-electron chi connectivity index (χ3n) is 2.82. The second-order valence-corrected chi connectivity index (χ2v) is 4.29. The second kappa shape index (κ2) is 4.56. The zero-order chi connectivity index (χ0) is 13.2. The third-order valence-corrected chi connectivity index (χ3v) is 2.82. The average Bonchev–Trinajstić information content (AvgIpc) is 2.75. The van der Waals surface area contributed by atoms with E-state index in [0.29, 0.717) is 6.54 Å². The lowest BCUT2D eigenvalue weighted by Crippen LogP contribution is -2.03. The zero-order valence-corrected chi connectivity index (χ0v) is 10.4. The Morgan fingerprint density at radius 3 is 2.89 bits per heavy atom. The molecule has 3 rings (SSSR count). The van der Waals surface area contributed by atoms with Crippen molar-refractivity contribution in [3.63, 3.8) is 0 Å². The van der Waals surface area contributed by atoms with Crippen LogP contribution in [0.5, 0.6) is 0 Å². The van der Waals surface area contributed by atoms with E-state index in [0.717, 1.165) is 28.2 Å². The molecule has 0 radical (unpaired) electrons. The Labute approximate surface area is 108 Å². The van der Waals surface area contributed by atoms with Gasteiger partial charge in [-0.25, -0.2) is 14.8 Å². The summed E-state index contributed by atoms with van der Waals surface area (Å²) >= 11 is 0. The van der Waals surface area contributed by atoms with Crippen molar-refractivity contribution in [3.8, 4) is 0 Å². The molecule has 6 nitrogen and oxygen atoms in total. The summed E-state index contributed by atoms with van der Waals surface area (Å²) in [5.74, 6) is 0.754. The van der Waals surface area contributed by atoms with E-state index < -0.39 is 0 Å². The largest absolute Gasteiger partial charge is 0.379 e. The number of nitrogens with zero attached hydrogens (tertiary/aromatic N) is 2. The molecule has 3 aromatic rings. The topological polar surface area (TPSA) is 86.5 Å². The van der Waals surface area contributed by atoms with Crippen molar-refractivity contribution in [3.05, 3.63) is 52.5 Å². The number of H-pyrrole nitrogens is 2. The second-order valence-electron chi connectivity index (χ2n) is 4.29. The fourth-order valence-electron chi connectivity index (χ4n) is 1.94. The zero-order valence-electron chi connectivity index (χ0n) is 10.4. The Kier molecular flexibility index (Phi) is 2.75. The van der Waals surface area contributed by atoms with Crippen molar-refractivity contribution in [2.75, 3.05) is 5.32 Å². The molecule has 0 saturated heterocycles. The molecule has 0 aliphatic carbocycles. The van der Waals surface area contributed by atoms with Crippen molar-refractivity contribution in [2.24, 2.45) is 0 Å². The van der Waals surface area contributed by atoms with E-state index in [4.69, 9.17) is 0 Å². The highest BCUT2D eigenvalue weighted by molar-refractivity contribution is 5.78. The van der Waals surface area contributed by atoms with Gasteiger partial charge in [0, 0.05) is 11.9 Å². The van der Waals surface area contributed by atoms with Crippen LogP contribution in [0.1, 0.15) is 11.5 Å². The van der Waals surface area contributed by atoms with E-state index in [9.17, 15) is 4.79 Å². The summed E-state index contributed by atoms with van der Waals surface area (Å²) in [6.45, 7) is 2.48. The van der Waals surface area contributed by atoms with Crippen molar-refractivity contribution in [1.82, 2.24) is 19.9 Å². The Balaban J connectivity index is 1.79. The number of aromatic nitrogens is 4. The number of hydrogen-bond donors (Lipinski definition) is 3. The van der Waals surface area contributed by atoms with Crippen LogP contribution in [0.4, 0.5) is 5.69 Å². The molecule has 1 aromatic carbocycles. The maximum atomic E-state index is 11.2. The standard InChI is InChI=1S/C13H13N5O/c1-8-14-5-4-10(16-8)7-15-9-2-3-11-12(6-9)18-13(19)17-11/h2-6,15H,7H2,1H3,(H2,17,18,19). The molecule has 0 atom stereocenters. The molecule has 0 aliphatic heterocycles. The normalized spacial score (nSPS) is 10.8. The summed E-state index contributed by atoms with van der Waals surface area (Å²) < 4.78 is 0. The molecule has 0 bridgehead atoms. The molecule has 0 fully saturated rings. The van der Waals surface area contributed by atoms with Gasteiger partial charge in [0.05, 0.1) is 23.3 Å². The van der Waals surface area contributed by atoms with Crippen LogP contribution in [0, 0.1) is 6.92 Å². The lowest BCUT2D eigenvalue weighted by Gasteiger charge is -2.06. The third kappa shape index (κ3) is 2.47. The number of benzene rings is 1. The summed E-state index contributed by atoms with van der Waals surface area (Å²) in [5, 5.41) is 3.26. The highest BCUT2D eigenvalue weighted by Gasteiger charge is 2.00. The number of aromatic amines is 2. The minimum atomic E-state index is -0.196. The Hall–Kier alpha value is -2.63. The van der Waals surface area contributed by atoms with Gasteiger partial charge in [0.15, 0.2) is 0 Å². The number of imidazole rings is 1. The van der Waals surface area contributed by atoms with Crippen LogP contribution >= 0.6 is 0 Å². The molecule has 0 unspecified atom stereocenters. The minimum Gasteiger partial charge on any atom is -0.379 e. The highest BCUT2D eigenvalue weighted by Crippen LogP contribution is 2.15. The van der Waals surface area contributed by atoms with E-state index in [1.165, 1.54) is 0 Å². The minimum absolute atomic E-state index is 0.196. The van der Waals surface area contributed by atoms with Crippen LogP contribution in [0.3, 0.4) is 0 Å². The van der Waals surface area contributed by atoms with Gasteiger partial charge < -0.3 is 15.3 Å². The van der Waals surface area contributed by atoms with Crippen molar-refractivity contribution < 1.29 is 0 Å². The van der Waals surface area contributed by atoms with Gasteiger partial charge in [-0.3, -0.25) is 0 Å². The summed E-state index contributed by atoms with van der Waals surface area (Å²) in [7, 11) is 0. The summed E-state index contributed by atoms with van der Waals surface area (Å²) in [6.07, 6.45) is 1.74. The van der Waals surface area contributed by atoms with Crippen LogP contribution < -0.4 is 11.0 Å². The van der Waals surface area contributed by atoms with Gasteiger partial charge in [-0.05, 0) is 31.2 Å². The van der Waals surface area contributed by atoms with E-state index >= 15 is 0 Å². The molecule has 0 saturated carbocycles. The molecular formula is C13H13N5O. The molecule has 2 heterocycles. The molecule has 0 amide bonds. The van der Waals surface area contributed by atoms with E-state index in [-0.39, 0.29) is 5.69 Å². The number of anilines is 1. The highest BCUT2D eigenvalue weighted by atomic mass is 16.1. The summed E-state index contributed by atoms with van der Waals surface area (Å²) in [6, 6.07) is 7.54. The van der Waals surface area contributed by atoms with E-state index in [1.807, 2.05) is 31.2 Å². The molecule has 0 spiro atoms. The van der Waals surface area contributed by atoms with Crippen molar-refractivity contribution >= 4 is 16.7 Å². The monoisotopic (exact) mass is 255 g/mol. The number of fused-ring (bicyclic) bond motifs is 1. The van der Waals surface area contributed by atoms with Crippen LogP contribution in [0.25, 0.3) is 11.0 Å². The first-order chi connectivity index (χ1) is 9.20. The number of hydrogen-bond acceptors (Lipinski definition) is 4. The average molecular weight is 255 g/mol. The Morgan fingerprint density at radius 1 is 1.21 bits per heavy atom. The fraction of sp³-hybridized carbons (Fsp3) is 0.154. The van der Waals surface area contributed by atoms with Crippen LogP contribution in [-0.4, -0.2) is 19.9 Å². The van der Waals surface area contributed by atoms with Crippen LogP contribution in [0.2, 0.25) is 0 Å². The molecule has 19 heavy (non-hydrogen) atoms. The van der Waals surface area contributed by atoms with Crippen molar-refractivity contribution in [1.29, 1.82) is 0 Å². The first-order valence-corrected chi connectivity index (χ1v) is 5.95. The first-order valence-electron chi connectivity index (χ1n) is 5.95. The smallest absolute Gasteiger partial charge is 0.323 e.